The van der Waals surface area contributed by atoms with Crippen LogP contribution in [0.5, 0.6) is 5.75 Å². The van der Waals surface area contributed by atoms with Gasteiger partial charge >= 0.3 is 0 Å². The fourth-order valence-corrected chi connectivity index (χ4v) is 2.53. The number of halogens is 1. The Morgan fingerprint density at radius 2 is 2.04 bits per heavy atom. The summed E-state index contributed by atoms with van der Waals surface area (Å²) in [4.78, 5) is 12.3. The molecule has 0 aromatic heterocycles. The first-order valence-corrected chi connectivity index (χ1v) is 8.81. The molecule has 0 radical (unpaired) electrons. The minimum Gasteiger partial charge on any atom is -0.489 e. The molecule has 0 spiro atoms. The zero-order valence-corrected chi connectivity index (χ0v) is 16.5. The van der Waals surface area contributed by atoms with Gasteiger partial charge in [-0.1, -0.05) is 34.6 Å². The monoisotopic (exact) mass is 418 g/mol. The van der Waals surface area contributed by atoms with Crippen LogP contribution in [0.25, 0.3) is 0 Å². The molecule has 0 atom stereocenters. The van der Waals surface area contributed by atoms with E-state index in [1.54, 1.807) is 12.1 Å². The molecule has 0 saturated heterocycles. The Balaban J connectivity index is 1.97. The molecule has 2 aromatic rings. The highest BCUT2D eigenvalue weighted by atomic mass is 79.9. The van der Waals surface area contributed by atoms with Gasteiger partial charge in [0.05, 0.1) is 0 Å². The number of anilines is 1. The Bertz CT molecular complexity index is 821. The number of aryl methyl sites for hydroxylation is 1. The van der Waals surface area contributed by atoms with Gasteiger partial charge in [0.25, 0.3) is 5.91 Å². The third-order valence-corrected chi connectivity index (χ3v) is 4.30. The predicted molar refractivity (Wildman–Crippen MR) is 109 cm³/mol. The molecule has 0 aliphatic rings. The predicted octanol–water partition coefficient (Wildman–Crippen LogP) is 4.84. The SMILES string of the molecule is C=C(C)COc1cccc(NC(=S)NC(=O)c2ccc(C)c(Br)c2)c1. The number of rotatable bonds is 5. The van der Waals surface area contributed by atoms with Crippen LogP contribution in [0.4, 0.5) is 5.69 Å². The van der Waals surface area contributed by atoms with Gasteiger partial charge in [-0.15, -0.1) is 0 Å². The van der Waals surface area contributed by atoms with Crippen LogP contribution in [0.1, 0.15) is 22.8 Å². The molecule has 130 valence electrons. The van der Waals surface area contributed by atoms with E-state index >= 15 is 0 Å². The maximum Gasteiger partial charge on any atom is 0.257 e. The number of amides is 1. The van der Waals surface area contributed by atoms with Crippen molar-refractivity contribution in [2.45, 2.75) is 13.8 Å². The average molecular weight is 419 g/mol. The van der Waals surface area contributed by atoms with E-state index in [0.29, 0.717) is 17.9 Å². The first-order valence-electron chi connectivity index (χ1n) is 7.61. The second-order valence-electron chi connectivity index (χ2n) is 5.65. The zero-order chi connectivity index (χ0) is 18.4. The first kappa shape index (κ1) is 19.1. The van der Waals surface area contributed by atoms with Crippen molar-refractivity contribution < 1.29 is 9.53 Å². The summed E-state index contributed by atoms with van der Waals surface area (Å²) >= 11 is 8.63. The molecule has 0 unspecified atom stereocenters. The van der Waals surface area contributed by atoms with Gasteiger partial charge in [0, 0.05) is 21.8 Å². The normalized spacial score (nSPS) is 10.0. The Morgan fingerprint density at radius 1 is 1.28 bits per heavy atom. The van der Waals surface area contributed by atoms with Crippen molar-refractivity contribution in [2.24, 2.45) is 0 Å². The summed E-state index contributed by atoms with van der Waals surface area (Å²) in [5, 5.41) is 5.87. The Labute approximate surface area is 161 Å². The highest BCUT2D eigenvalue weighted by Gasteiger charge is 2.09. The Kier molecular flexibility index (Phi) is 6.73. The fraction of sp³-hybridized carbons (Fsp3) is 0.158. The van der Waals surface area contributed by atoms with Crippen molar-refractivity contribution >= 4 is 44.9 Å². The van der Waals surface area contributed by atoms with E-state index < -0.39 is 0 Å². The number of hydrogen-bond donors (Lipinski definition) is 2. The van der Waals surface area contributed by atoms with Gasteiger partial charge in [0.1, 0.15) is 12.4 Å². The number of carbonyl (C=O) groups excluding carboxylic acids is 1. The number of ether oxygens (including phenoxy) is 1. The fourth-order valence-electron chi connectivity index (χ4n) is 1.94. The van der Waals surface area contributed by atoms with Crippen LogP contribution in [0.2, 0.25) is 0 Å². The van der Waals surface area contributed by atoms with Gasteiger partial charge in [-0.3, -0.25) is 10.1 Å². The lowest BCUT2D eigenvalue weighted by Crippen LogP contribution is -2.34. The third kappa shape index (κ3) is 5.99. The number of hydrogen-bond acceptors (Lipinski definition) is 3. The van der Waals surface area contributed by atoms with Crippen LogP contribution < -0.4 is 15.4 Å². The molecule has 1 amide bonds. The Morgan fingerprint density at radius 3 is 2.72 bits per heavy atom. The molecule has 25 heavy (non-hydrogen) atoms. The van der Waals surface area contributed by atoms with Crippen LogP contribution in [-0.4, -0.2) is 17.6 Å². The van der Waals surface area contributed by atoms with Crippen molar-refractivity contribution in [3.8, 4) is 5.75 Å². The molecule has 2 aromatic carbocycles. The van der Waals surface area contributed by atoms with Crippen LogP contribution >= 0.6 is 28.1 Å². The highest BCUT2D eigenvalue weighted by Crippen LogP contribution is 2.19. The summed E-state index contributed by atoms with van der Waals surface area (Å²) in [6.07, 6.45) is 0. The van der Waals surface area contributed by atoms with E-state index in [0.717, 1.165) is 21.3 Å². The molecular formula is C19H19BrN2O2S. The molecule has 2 N–H and O–H groups in total. The summed E-state index contributed by atoms with van der Waals surface area (Å²) in [7, 11) is 0. The zero-order valence-electron chi connectivity index (χ0n) is 14.1. The quantitative estimate of drug-likeness (QED) is 0.538. The van der Waals surface area contributed by atoms with E-state index in [1.165, 1.54) is 0 Å². The van der Waals surface area contributed by atoms with E-state index in [-0.39, 0.29) is 11.0 Å². The maximum absolute atomic E-state index is 12.3. The second kappa shape index (κ2) is 8.78. The molecule has 0 heterocycles. The number of benzene rings is 2. The van der Waals surface area contributed by atoms with Crippen LogP contribution in [-0.2, 0) is 0 Å². The molecular weight excluding hydrogens is 400 g/mol. The summed E-state index contributed by atoms with van der Waals surface area (Å²) < 4.78 is 6.47. The minimum atomic E-state index is -0.270. The van der Waals surface area contributed by atoms with E-state index in [2.05, 4.69) is 33.1 Å². The van der Waals surface area contributed by atoms with Crippen molar-refractivity contribution in [3.05, 3.63) is 70.2 Å². The van der Waals surface area contributed by atoms with Crippen molar-refractivity contribution in [3.63, 3.8) is 0 Å². The molecule has 4 nitrogen and oxygen atoms in total. The molecule has 6 heteroatoms. The molecule has 0 fully saturated rings. The average Bonchev–Trinajstić information content (AvgIpc) is 2.55. The molecule has 2 rings (SSSR count). The van der Waals surface area contributed by atoms with Crippen molar-refractivity contribution in [1.29, 1.82) is 0 Å². The number of nitrogens with one attached hydrogen (secondary N) is 2. The largest absolute Gasteiger partial charge is 0.489 e. The standard InChI is InChI=1S/C19H19BrN2O2S/c1-12(2)11-24-16-6-4-5-15(10-16)21-19(25)22-18(23)14-8-7-13(3)17(20)9-14/h4-10H,1,11H2,2-3H3,(H2,21,22,23,25). The maximum atomic E-state index is 12.3. The number of carbonyl (C=O) groups is 1. The summed E-state index contributed by atoms with van der Waals surface area (Å²) in [6.45, 7) is 8.11. The first-order chi connectivity index (χ1) is 11.8. The number of thiocarbonyl (C=S) groups is 1. The Hall–Kier alpha value is -2.18. The van der Waals surface area contributed by atoms with Crippen LogP contribution in [0.3, 0.4) is 0 Å². The lowest BCUT2D eigenvalue weighted by atomic mass is 10.1. The van der Waals surface area contributed by atoms with Gasteiger partial charge in [-0.25, -0.2) is 0 Å². The molecule has 0 saturated carbocycles. The summed E-state index contributed by atoms with van der Waals surface area (Å²) in [5.41, 5.74) is 3.25. The van der Waals surface area contributed by atoms with E-state index in [9.17, 15) is 4.79 Å². The third-order valence-electron chi connectivity index (χ3n) is 3.24. The van der Waals surface area contributed by atoms with Gasteiger partial charge in [0.2, 0.25) is 0 Å². The van der Waals surface area contributed by atoms with Gasteiger partial charge in [-0.2, -0.15) is 0 Å². The molecule has 0 aliphatic carbocycles. The lowest BCUT2D eigenvalue weighted by molar-refractivity contribution is 0.0977. The highest BCUT2D eigenvalue weighted by molar-refractivity contribution is 9.10. The van der Waals surface area contributed by atoms with Crippen molar-refractivity contribution in [2.75, 3.05) is 11.9 Å². The second-order valence-corrected chi connectivity index (χ2v) is 6.91. The van der Waals surface area contributed by atoms with Gasteiger partial charge < -0.3 is 10.1 Å². The van der Waals surface area contributed by atoms with Crippen LogP contribution in [0.15, 0.2) is 59.1 Å². The smallest absolute Gasteiger partial charge is 0.257 e. The van der Waals surface area contributed by atoms with E-state index in [4.69, 9.17) is 17.0 Å². The summed E-state index contributed by atoms with van der Waals surface area (Å²) in [6, 6.07) is 12.7. The van der Waals surface area contributed by atoms with E-state index in [1.807, 2.05) is 44.2 Å². The minimum absolute atomic E-state index is 0.221. The lowest BCUT2D eigenvalue weighted by Gasteiger charge is -2.12. The molecule has 0 aliphatic heterocycles. The van der Waals surface area contributed by atoms with Crippen molar-refractivity contribution in [1.82, 2.24) is 5.32 Å². The van der Waals surface area contributed by atoms with Gasteiger partial charge in [-0.05, 0) is 61.5 Å². The summed E-state index contributed by atoms with van der Waals surface area (Å²) in [5.74, 6) is 0.428. The topological polar surface area (TPSA) is 50.4 Å². The van der Waals surface area contributed by atoms with Crippen LogP contribution in [0, 0.1) is 6.92 Å². The molecule has 0 bridgehead atoms. The van der Waals surface area contributed by atoms with Gasteiger partial charge in [0.15, 0.2) is 5.11 Å².